The molecule has 0 saturated carbocycles. The van der Waals surface area contributed by atoms with E-state index in [4.69, 9.17) is 11.2 Å². The quantitative estimate of drug-likeness (QED) is 0.691. The van der Waals surface area contributed by atoms with Gasteiger partial charge in [-0.2, -0.15) is 0 Å². The van der Waals surface area contributed by atoms with Crippen molar-refractivity contribution in [2.45, 2.75) is 0 Å². The van der Waals surface area contributed by atoms with E-state index in [0.717, 1.165) is 22.8 Å². The summed E-state index contributed by atoms with van der Waals surface area (Å²) >= 11 is 0. The van der Waals surface area contributed by atoms with Crippen LogP contribution in [0.25, 0.3) is 22.8 Å². The van der Waals surface area contributed by atoms with Crippen LogP contribution in [0.15, 0.2) is 60.9 Å². The van der Waals surface area contributed by atoms with Gasteiger partial charge in [-0.05, 0) is 24.3 Å². The molecule has 0 unspecified atom stereocenters. The second-order valence-electron chi connectivity index (χ2n) is 4.50. The van der Waals surface area contributed by atoms with Gasteiger partial charge in [-0.3, -0.25) is 9.97 Å². The van der Waals surface area contributed by atoms with Crippen molar-refractivity contribution in [3.8, 4) is 40.9 Å². The molecule has 3 aromatic heterocycles. The van der Waals surface area contributed by atoms with Gasteiger partial charge in [-0.1, -0.05) is 18.1 Å². The number of rotatable bonds is 4. The van der Waals surface area contributed by atoms with E-state index in [-0.39, 0.29) is 6.61 Å². The Morgan fingerprint density at radius 2 is 1.45 bits per heavy atom. The van der Waals surface area contributed by atoms with E-state index in [9.17, 15) is 0 Å². The van der Waals surface area contributed by atoms with Crippen LogP contribution < -0.4 is 4.74 Å². The molecule has 0 N–H and O–H groups in total. The molecule has 0 bridgehead atoms. The summed E-state index contributed by atoms with van der Waals surface area (Å²) in [4.78, 5) is 13.3. The lowest BCUT2D eigenvalue weighted by atomic mass is 10.2. The number of aromatic nitrogens is 3. The van der Waals surface area contributed by atoms with E-state index in [1.165, 1.54) is 0 Å². The van der Waals surface area contributed by atoms with Gasteiger partial charge in [0.15, 0.2) is 0 Å². The predicted octanol–water partition coefficient (Wildman–Crippen LogP) is 3.22. The summed E-state index contributed by atoms with van der Waals surface area (Å²) in [5.41, 5.74) is 2.98. The zero-order valence-electron chi connectivity index (χ0n) is 11.8. The van der Waals surface area contributed by atoms with Gasteiger partial charge in [0.2, 0.25) is 0 Å². The predicted molar refractivity (Wildman–Crippen MR) is 85.0 cm³/mol. The minimum atomic E-state index is 0.202. The third-order valence-electron chi connectivity index (χ3n) is 2.98. The fourth-order valence-electron chi connectivity index (χ4n) is 2.00. The number of pyridine rings is 3. The van der Waals surface area contributed by atoms with E-state index in [2.05, 4.69) is 20.9 Å². The van der Waals surface area contributed by atoms with Gasteiger partial charge >= 0.3 is 0 Å². The van der Waals surface area contributed by atoms with Crippen LogP contribution in [0.2, 0.25) is 0 Å². The number of hydrogen-bond donors (Lipinski definition) is 0. The van der Waals surface area contributed by atoms with Crippen LogP contribution in [0.1, 0.15) is 0 Å². The number of ether oxygens (including phenoxy) is 1. The SMILES string of the molecule is C#CCOc1cc(-c2ccccn2)nc(-c2ccccn2)c1. The maximum atomic E-state index is 5.55. The summed E-state index contributed by atoms with van der Waals surface area (Å²) in [6, 6.07) is 15.0. The fourth-order valence-corrected chi connectivity index (χ4v) is 2.00. The molecule has 4 nitrogen and oxygen atoms in total. The average molecular weight is 287 g/mol. The van der Waals surface area contributed by atoms with Crippen LogP contribution in [-0.2, 0) is 0 Å². The van der Waals surface area contributed by atoms with E-state index in [1.807, 2.05) is 48.5 Å². The van der Waals surface area contributed by atoms with Gasteiger partial charge in [0, 0.05) is 24.5 Å². The number of terminal acetylenes is 1. The molecule has 3 rings (SSSR count). The third kappa shape index (κ3) is 3.10. The molecule has 22 heavy (non-hydrogen) atoms. The molecule has 3 aromatic rings. The Bertz CT molecular complexity index is 738. The number of hydrogen-bond acceptors (Lipinski definition) is 4. The zero-order valence-corrected chi connectivity index (χ0v) is 11.8. The highest BCUT2D eigenvalue weighted by Crippen LogP contribution is 2.26. The van der Waals surface area contributed by atoms with Crippen molar-refractivity contribution in [3.63, 3.8) is 0 Å². The van der Waals surface area contributed by atoms with Crippen LogP contribution in [0.5, 0.6) is 5.75 Å². The minimum absolute atomic E-state index is 0.202. The summed E-state index contributed by atoms with van der Waals surface area (Å²) in [7, 11) is 0. The summed E-state index contributed by atoms with van der Waals surface area (Å²) in [5.74, 6) is 3.11. The molecule has 0 atom stereocenters. The van der Waals surface area contributed by atoms with Crippen molar-refractivity contribution in [1.29, 1.82) is 0 Å². The maximum absolute atomic E-state index is 5.55. The third-order valence-corrected chi connectivity index (χ3v) is 2.98. The van der Waals surface area contributed by atoms with Gasteiger partial charge in [0.1, 0.15) is 12.4 Å². The van der Waals surface area contributed by atoms with Gasteiger partial charge in [-0.25, -0.2) is 4.98 Å². The second-order valence-corrected chi connectivity index (χ2v) is 4.50. The van der Waals surface area contributed by atoms with Crippen LogP contribution in [0.4, 0.5) is 0 Å². The Hall–Kier alpha value is -3.19. The highest BCUT2D eigenvalue weighted by Gasteiger charge is 2.09. The summed E-state index contributed by atoms with van der Waals surface area (Å²) in [6.45, 7) is 0.202. The number of nitrogens with zero attached hydrogens (tertiary/aromatic N) is 3. The highest BCUT2D eigenvalue weighted by atomic mass is 16.5. The topological polar surface area (TPSA) is 47.9 Å². The molecular weight excluding hydrogens is 274 g/mol. The van der Waals surface area contributed by atoms with Gasteiger partial charge in [0.05, 0.1) is 22.8 Å². The molecule has 0 fully saturated rings. The second kappa shape index (κ2) is 6.51. The van der Waals surface area contributed by atoms with Crippen molar-refractivity contribution >= 4 is 0 Å². The van der Waals surface area contributed by atoms with Gasteiger partial charge in [-0.15, -0.1) is 6.42 Å². The van der Waals surface area contributed by atoms with Gasteiger partial charge < -0.3 is 4.74 Å². The molecule has 0 radical (unpaired) electrons. The summed E-state index contributed by atoms with van der Waals surface area (Å²) < 4.78 is 5.55. The van der Waals surface area contributed by atoms with E-state index >= 15 is 0 Å². The molecule has 3 heterocycles. The Morgan fingerprint density at radius 1 is 0.864 bits per heavy atom. The largest absolute Gasteiger partial charge is 0.481 e. The van der Waals surface area contributed by atoms with E-state index in [1.54, 1.807) is 12.4 Å². The fraction of sp³-hybridized carbons (Fsp3) is 0.0556. The van der Waals surface area contributed by atoms with Gasteiger partial charge in [0.25, 0.3) is 0 Å². The van der Waals surface area contributed by atoms with Crippen molar-refractivity contribution < 1.29 is 4.74 Å². The lowest BCUT2D eigenvalue weighted by Gasteiger charge is -2.08. The van der Waals surface area contributed by atoms with Crippen molar-refractivity contribution in [3.05, 3.63) is 60.9 Å². The molecule has 0 aliphatic rings. The minimum Gasteiger partial charge on any atom is -0.481 e. The van der Waals surface area contributed by atoms with Crippen molar-refractivity contribution in [1.82, 2.24) is 15.0 Å². The summed E-state index contributed by atoms with van der Waals surface area (Å²) in [5, 5.41) is 0. The molecule has 106 valence electrons. The zero-order chi connectivity index (χ0) is 15.2. The Labute approximate surface area is 128 Å². The first-order chi connectivity index (χ1) is 10.9. The van der Waals surface area contributed by atoms with E-state index < -0.39 is 0 Å². The van der Waals surface area contributed by atoms with Crippen LogP contribution >= 0.6 is 0 Å². The van der Waals surface area contributed by atoms with Crippen molar-refractivity contribution in [2.24, 2.45) is 0 Å². The molecule has 0 spiro atoms. The molecule has 0 aliphatic heterocycles. The maximum Gasteiger partial charge on any atom is 0.148 e. The first-order valence-electron chi connectivity index (χ1n) is 6.78. The monoisotopic (exact) mass is 287 g/mol. The highest BCUT2D eigenvalue weighted by molar-refractivity contribution is 5.64. The lowest BCUT2D eigenvalue weighted by Crippen LogP contribution is -1.98. The Morgan fingerprint density at radius 3 is 1.91 bits per heavy atom. The molecule has 0 saturated heterocycles. The Kier molecular flexibility index (Phi) is 4.08. The molecule has 0 aliphatic carbocycles. The van der Waals surface area contributed by atoms with E-state index in [0.29, 0.717) is 5.75 Å². The molecule has 0 amide bonds. The lowest BCUT2D eigenvalue weighted by molar-refractivity contribution is 0.370. The first kappa shape index (κ1) is 13.8. The molecular formula is C18H13N3O. The molecule has 0 aromatic carbocycles. The average Bonchev–Trinajstić information content (AvgIpc) is 2.61. The van der Waals surface area contributed by atoms with Crippen LogP contribution in [0, 0.1) is 12.3 Å². The summed E-state index contributed by atoms with van der Waals surface area (Å²) in [6.07, 6.45) is 8.72. The Balaban J connectivity index is 2.08. The standard InChI is InChI=1S/C18H13N3O/c1-2-11-22-14-12-17(15-7-3-5-9-19-15)21-18(13-14)16-8-4-6-10-20-16/h1,3-10,12-13H,11H2. The van der Waals surface area contributed by atoms with Crippen LogP contribution in [-0.4, -0.2) is 21.6 Å². The van der Waals surface area contributed by atoms with Crippen LogP contribution in [0.3, 0.4) is 0 Å². The molecule has 4 heteroatoms. The smallest absolute Gasteiger partial charge is 0.148 e. The van der Waals surface area contributed by atoms with Crippen molar-refractivity contribution in [2.75, 3.05) is 6.61 Å². The normalized spacial score (nSPS) is 9.95. The first-order valence-corrected chi connectivity index (χ1v) is 6.78.